The normalized spacial score (nSPS) is 11.7. The number of fused-ring (bicyclic) bond motifs is 1. The van der Waals surface area contributed by atoms with Gasteiger partial charge in [0.05, 0.1) is 5.71 Å². The number of hydrogen-bond acceptors (Lipinski definition) is 3. The van der Waals surface area contributed by atoms with Crippen molar-refractivity contribution in [3.8, 4) is 5.75 Å². The number of phenols is 1. The molecule has 2 rings (SSSR count). The van der Waals surface area contributed by atoms with Crippen LogP contribution < -0.4 is 11.2 Å². The fourth-order valence-electron chi connectivity index (χ4n) is 3.53. The van der Waals surface area contributed by atoms with Crippen LogP contribution in [0.1, 0.15) is 76.7 Å². The Balaban J connectivity index is 1.99. The first-order valence-electron chi connectivity index (χ1n) is 10.5. The largest absolute Gasteiger partial charge is 0.507 e. The van der Waals surface area contributed by atoms with Gasteiger partial charge in [-0.1, -0.05) is 88.6 Å². The van der Waals surface area contributed by atoms with Crippen molar-refractivity contribution in [2.45, 2.75) is 71.1 Å². The van der Waals surface area contributed by atoms with Gasteiger partial charge in [-0.25, -0.2) is 10.2 Å². The summed E-state index contributed by atoms with van der Waals surface area (Å²) in [5, 5.41) is 16.6. The van der Waals surface area contributed by atoms with E-state index in [-0.39, 0.29) is 5.75 Å². The predicted molar refractivity (Wildman–Crippen MR) is 117 cm³/mol. The molecule has 2 aromatic carbocycles. The van der Waals surface area contributed by atoms with Crippen LogP contribution in [0.15, 0.2) is 41.5 Å². The Morgan fingerprint density at radius 3 is 2.29 bits per heavy atom. The number of amides is 2. The van der Waals surface area contributed by atoms with Crippen molar-refractivity contribution < 1.29 is 9.90 Å². The van der Waals surface area contributed by atoms with Crippen molar-refractivity contribution in [1.29, 1.82) is 0 Å². The molecule has 2 amide bonds. The van der Waals surface area contributed by atoms with Gasteiger partial charge in [-0.3, -0.25) is 0 Å². The van der Waals surface area contributed by atoms with Gasteiger partial charge in [0.25, 0.3) is 0 Å². The molecule has 0 unspecified atom stereocenters. The lowest BCUT2D eigenvalue weighted by Gasteiger charge is -2.12. The van der Waals surface area contributed by atoms with Gasteiger partial charge in [0.15, 0.2) is 0 Å². The van der Waals surface area contributed by atoms with Crippen LogP contribution in [0.3, 0.4) is 0 Å². The summed E-state index contributed by atoms with van der Waals surface area (Å²) in [4.78, 5) is 11.1. The van der Waals surface area contributed by atoms with Crippen molar-refractivity contribution in [3.05, 3.63) is 42.0 Å². The van der Waals surface area contributed by atoms with Crippen LogP contribution in [0.4, 0.5) is 4.79 Å². The minimum Gasteiger partial charge on any atom is -0.507 e. The zero-order valence-electron chi connectivity index (χ0n) is 16.9. The van der Waals surface area contributed by atoms with Crippen LogP contribution in [-0.4, -0.2) is 16.8 Å². The molecule has 0 radical (unpaired) electrons. The predicted octanol–water partition coefficient (Wildman–Crippen LogP) is 5.84. The molecule has 0 saturated carbocycles. The zero-order chi connectivity index (χ0) is 20.2. The Morgan fingerprint density at radius 2 is 1.61 bits per heavy atom. The van der Waals surface area contributed by atoms with Crippen LogP contribution in [0, 0.1) is 0 Å². The lowest BCUT2D eigenvalue weighted by Crippen LogP contribution is -2.26. The molecule has 0 heterocycles. The van der Waals surface area contributed by atoms with Crippen LogP contribution in [0.5, 0.6) is 5.75 Å². The fraction of sp³-hybridized carbons (Fsp3) is 0.478. The monoisotopic (exact) mass is 383 g/mol. The first-order chi connectivity index (χ1) is 13.6. The zero-order valence-corrected chi connectivity index (χ0v) is 16.9. The smallest absolute Gasteiger partial charge is 0.332 e. The molecule has 4 N–H and O–H groups in total. The van der Waals surface area contributed by atoms with E-state index >= 15 is 0 Å². The molecule has 0 aliphatic heterocycles. The molecular formula is C23H33N3O2. The standard InChI is InChI=1S/C23H33N3O2/c1-2-3-4-5-6-7-8-9-10-15-20(25-26-23(24)28)22-19-14-12-11-13-18(19)16-17-21(22)27/h11-14,16-17,27H,2-10,15H2,1H3,(H3,24,26,28)/b25-20+. The van der Waals surface area contributed by atoms with Gasteiger partial charge in [0.2, 0.25) is 0 Å². The number of primary amides is 1. The molecule has 0 aliphatic carbocycles. The topological polar surface area (TPSA) is 87.7 Å². The summed E-state index contributed by atoms with van der Waals surface area (Å²) in [6.45, 7) is 2.24. The Labute approximate surface area is 168 Å². The molecule has 5 heteroatoms. The van der Waals surface area contributed by atoms with Crippen molar-refractivity contribution in [2.75, 3.05) is 0 Å². The third-order valence-corrected chi connectivity index (χ3v) is 5.01. The van der Waals surface area contributed by atoms with Crippen LogP contribution in [0.25, 0.3) is 10.8 Å². The second kappa shape index (κ2) is 12.0. The Kier molecular flexibility index (Phi) is 9.32. The molecule has 0 aliphatic rings. The molecule has 152 valence electrons. The van der Waals surface area contributed by atoms with Crippen molar-refractivity contribution in [1.82, 2.24) is 5.43 Å². The van der Waals surface area contributed by atoms with Crippen molar-refractivity contribution in [3.63, 3.8) is 0 Å². The maximum Gasteiger partial charge on any atom is 0.332 e. The number of carbonyl (C=O) groups excluding carboxylic acids is 1. The third-order valence-electron chi connectivity index (χ3n) is 5.01. The average Bonchev–Trinajstić information content (AvgIpc) is 2.69. The molecule has 0 spiro atoms. The van der Waals surface area contributed by atoms with E-state index < -0.39 is 6.03 Å². The molecule has 0 aromatic heterocycles. The summed E-state index contributed by atoms with van der Waals surface area (Å²) >= 11 is 0. The number of carbonyl (C=O) groups is 1. The number of rotatable bonds is 12. The Hall–Kier alpha value is -2.56. The van der Waals surface area contributed by atoms with E-state index in [1.807, 2.05) is 30.3 Å². The van der Waals surface area contributed by atoms with Crippen LogP contribution in [-0.2, 0) is 0 Å². The highest BCUT2D eigenvalue weighted by Crippen LogP contribution is 2.29. The summed E-state index contributed by atoms with van der Waals surface area (Å²) in [6.07, 6.45) is 11.8. The molecule has 0 bridgehead atoms. The maximum atomic E-state index is 11.1. The molecule has 0 fully saturated rings. The number of nitrogens with one attached hydrogen (secondary N) is 1. The van der Waals surface area contributed by atoms with E-state index in [1.54, 1.807) is 6.07 Å². The number of phenolic OH excluding ortho intramolecular Hbond substituents is 1. The van der Waals surface area contributed by atoms with E-state index in [4.69, 9.17) is 5.73 Å². The van der Waals surface area contributed by atoms with Gasteiger partial charge in [0.1, 0.15) is 5.75 Å². The first-order valence-corrected chi connectivity index (χ1v) is 10.5. The van der Waals surface area contributed by atoms with Gasteiger partial charge >= 0.3 is 6.03 Å². The average molecular weight is 384 g/mol. The first kappa shape index (κ1) is 21.7. The highest BCUT2D eigenvalue weighted by atomic mass is 16.3. The fourth-order valence-corrected chi connectivity index (χ4v) is 3.53. The molecule has 28 heavy (non-hydrogen) atoms. The van der Waals surface area contributed by atoms with E-state index in [9.17, 15) is 9.90 Å². The number of nitrogens with zero attached hydrogens (tertiary/aromatic N) is 1. The van der Waals surface area contributed by atoms with Crippen molar-refractivity contribution in [2.24, 2.45) is 10.8 Å². The van der Waals surface area contributed by atoms with Gasteiger partial charge in [-0.2, -0.15) is 5.10 Å². The minimum atomic E-state index is -0.704. The molecule has 2 aromatic rings. The van der Waals surface area contributed by atoms with Gasteiger partial charge in [0, 0.05) is 5.56 Å². The van der Waals surface area contributed by atoms with E-state index in [0.29, 0.717) is 17.7 Å². The summed E-state index contributed by atoms with van der Waals surface area (Å²) in [6, 6.07) is 10.7. The summed E-state index contributed by atoms with van der Waals surface area (Å²) in [5.41, 5.74) is 8.86. The molecular weight excluding hydrogens is 350 g/mol. The second-order valence-electron chi connectivity index (χ2n) is 7.29. The van der Waals surface area contributed by atoms with Crippen LogP contribution >= 0.6 is 0 Å². The number of benzene rings is 2. The Bertz CT molecular complexity index is 787. The molecule has 0 saturated heterocycles. The Morgan fingerprint density at radius 1 is 0.964 bits per heavy atom. The van der Waals surface area contributed by atoms with Crippen molar-refractivity contribution >= 4 is 22.5 Å². The van der Waals surface area contributed by atoms with E-state index in [0.717, 1.165) is 23.6 Å². The third kappa shape index (κ3) is 6.87. The van der Waals surface area contributed by atoms with Gasteiger partial charge in [-0.15, -0.1) is 0 Å². The van der Waals surface area contributed by atoms with Gasteiger partial charge < -0.3 is 10.8 Å². The van der Waals surface area contributed by atoms with E-state index in [2.05, 4.69) is 17.5 Å². The highest BCUT2D eigenvalue weighted by molar-refractivity contribution is 6.13. The summed E-state index contributed by atoms with van der Waals surface area (Å²) in [5.74, 6) is 0.166. The second-order valence-corrected chi connectivity index (χ2v) is 7.29. The number of nitrogens with two attached hydrogens (primary N) is 1. The number of hydrogen-bond donors (Lipinski definition) is 3. The number of urea groups is 1. The quantitative estimate of drug-likeness (QED) is 0.244. The lowest BCUT2D eigenvalue weighted by atomic mass is 9.96. The number of unbranched alkanes of at least 4 members (excludes halogenated alkanes) is 8. The van der Waals surface area contributed by atoms with E-state index in [1.165, 1.54) is 44.9 Å². The number of aromatic hydroxyl groups is 1. The number of hydrazone groups is 1. The SMILES string of the molecule is CCCCCCCCCCC/C(=N\NC(N)=O)c1c(O)ccc2ccccc12. The lowest BCUT2D eigenvalue weighted by molar-refractivity contribution is 0.249. The van der Waals surface area contributed by atoms with Crippen LogP contribution in [0.2, 0.25) is 0 Å². The van der Waals surface area contributed by atoms with Gasteiger partial charge in [-0.05, 0) is 29.7 Å². The maximum absolute atomic E-state index is 11.1. The summed E-state index contributed by atoms with van der Waals surface area (Å²) < 4.78 is 0. The molecule has 5 nitrogen and oxygen atoms in total. The summed E-state index contributed by atoms with van der Waals surface area (Å²) in [7, 11) is 0. The molecule has 0 atom stereocenters. The highest BCUT2D eigenvalue weighted by Gasteiger charge is 2.14. The minimum absolute atomic E-state index is 0.166.